The van der Waals surface area contributed by atoms with Gasteiger partial charge in [-0.25, -0.2) is 9.37 Å². The molecule has 0 unspecified atom stereocenters. The van der Waals surface area contributed by atoms with Gasteiger partial charge in [0.25, 0.3) is 0 Å². The second kappa shape index (κ2) is 4.97. The molecule has 1 aromatic carbocycles. The van der Waals surface area contributed by atoms with Crippen LogP contribution in [0.15, 0.2) is 33.3 Å². The Labute approximate surface area is 114 Å². The van der Waals surface area contributed by atoms with Crippen molar-refractivity contribution in [1.29, 1.82) is 0 Å². The molecule has 0 atom stereocenters. The maximum Gasteiger partial charge on any atom is 0.230 e. The van der Waals surface area contributed by atoms with E-state index in [1.165, 1.54) is 6.07 Å². The van der Waals surface area contributed by atoms with Crippen LogP contribution < -0.4 is 11.1 Å². The number of hydrogen-bond acceptors (Lipinski definition) is 4. The summed E-state index contributed by atoms with van der Waals surface area (Å²) in [6.45, 7) is 0. The predicted octanol–water partition coefficient (Wildman–Crippen LogP) is 3.47. The van der Waals surface area contributed by atoms with E-state index < -0.39 is 0 Å². The van der Waals surface area contributed by atoms with Gasteiger partial charge in [-0.2, -0.15) is 4.98 Å². The van der Waals surface area contributed by atoms with E-state index in [0.29, 0.717) is 26.5 Å². The summed E-state index contributed by atoms with van der Waals surface area (Å²) in [5.41, 5.74) is 6.24. The zero-order valence-corrected chi connectivity index (χ0v) is 11.6. The maximum atomic E-state index is 13.0. The van der Waals surface area contributed by atoms with Gasteiger partial charge in [0.1, 0.15) is 16.2 Å². The van der Waals surface area contributed by atoms with Crippen LogP contribution in [0.3, 0.4) is 0 Å². The quantitative estimate of drug-likeness (QED) is 0.804. The lowest BCUT2D eigenvalue weighted by Crippen LogP contribution is -2.00. The lowest BCUT2D eigenvalue weighted by atomic mass is 10.3. The first kappa shape index (κ1) is 12.3. The zero-order chi connectivity index (χ0) is 12.4. The number of halogens is 3. The molecule has 17 heavy (non-hydrogen) atoms. The molecule has 88 valence electrons. The summed E-state index contributed by atoms with van der Waals surface area (Å²) in [6, 6.07) is 6.11. The van der Waals surface area contributed by atoms with Gasteiger partial charge in [-0.05, 0) is 50.1 Å². The van der Waals surface area contributed by atoms with Crippen molar-refractivity contribution in [3.05, 3.63) is 39.2 Å². The second-order valence-electron chi connectivity index (χ2n) is 3.19. The van der Waals surface area contributed by atoms with Crippen LogP contribution in [0.25, 0.3) is 0 Å². The third kappa shape index (κ3) is 3.13. The molecule has 0 saturated heterocycles. The molecule has 0 fully saturated rings. The average Bonchev–Trinajstić information content (AvgIpc) is 2.22. The smallest absolute Gasteiger partial charge is 0.230 e. The van der Waals surface area contributed by atoms with Crippen molar-refractivity contribution in [3.8, 4) is 0 Å². The third-order valence-corrected chi connectivity index (χ3v) is 2.90. The molecule has 1 aromatic heterocycles. The van der Waals surface area contributed by atoms with Gasteiger partial charge in [-0.3, -0.25) is 0 Å². The van der Waals surface area contributed by atoms with Crippen LogP contribution in [0.5, 0.6) is 0 Å². The van der Waals surface area contributed by atoms with Gasteiger partial charge in [0.15, 0.2) is 0 Å². The first-order valence-electron chi connectivity index (χ1n) is 4.57. The van der Waals surface area contributed by atoms with Crippen molar-refractivity contribution < 1.29 is 4.39 Å². The van der Waals surface area contributed by atoms with Gasteiger partial charge in [0, 0.05) is 11.8 Å². The number of hydrogen-bond donors (Lipinski definition) is 2. The third-order valence-electron chi connectivity index (χ3n) is 1.89. The summed E-state index contributed by atoms with van der Waals surface area (Å²) in [5, 5.41) is 2.92. The van der Waals surface area contributed by atoms with Crippen LogP contribution in [0.4, 0.5) is 21.8 Å². The minimum absolute atomic E-state index is 0.328. The Morgan fingerprint density at radius 1 is 1.18 bits per heavy atom. The molecule has 0 amide bonds. The Balaban J connectivity index is 2.28. The largest absolute Gasteiger partial charge is 0.383 e. The van der Waals surface area contributed by atoms with Crippen molar-refractivity contribution >= 4 is 49.3 Å². The molecule has 7 heteroatoms. The van der Waals surface area contributed by atoms with Crippen molar-refractivity contribution in [2.24, 2.45) is 0 Å². The monoisotopic (exact) mass is 360 g/mol. The molecule has 1 heterocycles. The van der Waals surface area contributed by atoms with Gasteiger partial charge in [-0.1, -0.05) is 0 Å². The predicted molar refractivity (Wildman–Crippen MR) is 71.5 cm³/mol. The molecule has 0 saturated carbocycles. The normalized spacial score (nSPS) is 10.3. The Kier molecular flexibility index (Phi) is 3.58. The van der Waals surface area contributed by atoms with E-state index in [9.17, 15) is 4.39 Å². The molecular formula is C10H7Br2FN4. The molecule has 0 bridgehead atoms. The minimum Gasteiger partial charge on any atom is -0.383 e. The molecule has 3 N–H and O–H groups in total. The van der Waals surface area contributed by atoms with Gasteiger partial charge in [0.2, 0.25) is 5.95 Å². The molecule has 0 spiro atoms. The number of nitrogens with zero attached hydrogens (tertiary/aromatic N) is 2. The average molecular weight is 362 g/mol. The molecule has 0 radical (unpaired) electrons. The molecule has 0 aliphatic heterocycles. The molecule has 0 aliphatic rings. The highest BCUT2D eigenvalue weighted by Crippen LogP contribution is 2.22. The fourth-order valence-corrected chi connectivity index (χ4v) is 1.98. The second-order valence-corrected chi connectivity index (χ2v) is 4.86. The minimum atomic E-state index is -0.328. The van der Waals surface area contributed by atoms with E-state index in [1.807, 2.05) is 0 Å². The maximum absolute atomic E-state index is 13.0. The summed E-state index contributed by atoms with van der Waals surface area (Å²) in [6.07, 6.45) is 0. The highest BCUT2D eigenvalue weighted by molar-refractivity contribution is 9.10. The van der Waals surface area contributed by atoms with E-state index >= 15 is 0 Å². The summed E-state index contributed by atoms with van der Waals surface area (Å²) >= 11 is 6.31. The topological polar surface area (TPSA) is 63.8 Å². The molecule has 0 aliphatic carbocycles. The summed E-state index contributed by atoms with van der Waals surface area (Å²) in [5.74, 6) is 0.358. The highest BCUT2D eigenvalue weighted by atomic mass is 79.9. The van der Waals surface area contributed by atoms with Crippen LogP contribution >= 0.6 is 31.9 Å². The van der Waals surface area contributed by atoms with Gasteiger partial charge in [-0.15, -0.1) is 0 Å². The van der Waals surface area contributed by atoms with Crippen molar-refractivity contribution in [3.63, 3.8) is 0 Å². The summed E-state index contributed by atoms with van der Waals surface area (Å²) in [4.78, 5) is 8.08. The van der Waals surface area contributed by atoms with Crippen LogP contribution in [0, 0.1) is 5.82 Å². The molecule has 4 nitrogen and oxygen atoms in total. The Morgan fingerprint density at radius 2 is 1.94 bits per heavy atom. The number of anilines is 3. The van der Waals surface area contributed by atoms with Crippen LogP contribution in [0.1, 0.15) is 0 Å². The van der Waals surface area contributed by atoms with Crippen LogP contribution in [-0.2, 0) is 0 Å². The fourth-order valence-electron chi connectivity index (χ4n) is 1.19. The SMILES string of the molecule is Nc1cc(Br)nc(Nc2ccc(F)c(Br)c2)n1. The summed E-state index contributed by atoms with van der Waals surface area (Å²) < 4.78 is 14.0. The first-order chi connectivity index (χ1) is 8.04. The van der Waals surface area contributed by atoms with Crippen LogP contribution in [0.2, 0.25) is 0 Å². The Hall–Kier alpha value is -1.21. The molecule has 2 rings (SSSR count). The number of benzene rings is 1. The Bertz CT molecular complexity index is 542. The van der Waals surface area contributed by atoms with E-state index in [-0.39, 0.29) is 5.82 Å². The number of nitrogen functional groups attached to an aromatic ring is 1. The number of nitrogens with one attached hydrogen (secondary N) is 1. The molecule has 2 aromatic rings. The fraction of sp³-hybridized carbons (Fsp3) is 0. The van der Waals surface area contributed by atoms with E-state index in [0.717, 1.165) is 0 Å². The van der Waals surface area contributed by atoms with Gasteiger partial charge < -0.3 is 11.1 Å². The number of aromatic nitrogens is 2. The first-order valence-corrected chi connectivity index (χ1v) is 6.15. The summed E-state index contributed by atoms with van der Waals surface area (Å²) in [7, 11) is 0. The Morgan fingerprint density at radius 3 is 2.59 bits per heavy atom. The standard InChI is InChI=1S/C10H7Br2FN4/c11-6-3-5(1-2-7(6)13)15-10-16-8(12)4-9(14)17-10/h1-4H,(H3,14,15,16,17). The number of rotatable bonds is 2. The van der Waals surface area contributed by atoms with Gasteiger partial charge >= 0.3 is 0 Å². The van der Waals surface area contributed by atoms with Crippen LogP contribution in [-0.4, -0.2) is 9.97 Å². The highest BCUT2D eigenvalue weighted by Gasteiger charge is 2.04. The molecular weight excluding hydrogens is 355 g/mol. The van der Waals surface area contributed by atoms with E-state index in [2.05, 4.69) is 47.1 Å². The number of nitrogens with two attached hydrogens (primary N) is 1. The lowest BCUT2D eigenvalue weighted by molar-refractivity contribution is 0.621. The zero-order valence-electron chi connectivity index (χ0n) is 8.42. The van der Waals surface area contributed by atoms with Gasteiger partial charge in [0.05, 0.1) is 4.47 Å². The van der Waals surface area contributed by atoms with E-state index in [4.69, 9.17) is 5.73 Å². The van der Waals surface area contributed by atoms with E-state index in [1.54, 1.807) is 18.2 Å². The van der Waals surface area contributed by atoms with Crippen molar-refractivity contribution in [2.45, 2.75) is 0 Å². The lowest BCUT2D eigenvalue weighted by Gasteiger charge is -2.06. The van der Waals surface area contributed by atoms with Crippen molar-refractivity contribution in [1.82, 2.24) is 9.97 Å². The van der Waals surface area contributed by atoms with Crippen molar-refractivity contribution in [2.75, 3.05) is 11.1 Å².